The number of hydrogen-bond acceptors (Lipinski definition) is 10. The standard InChI is InChI=1S/C37H46O10/c1-20-28(47-30(42)16-15-26-13-11-10-12-14-26)17-18-37(9)32(20)33(44-23(4)39)27-19-29(43-22(3)38)21(2)31(36(27,7)8)34(45-24(5)40)35(37)46-25(6)41/h10-16,27-29,32-35H,1,17-19H2,2-9H3/t27-,28?,29?,32-,33?,34?,35?,37-/m1/s1. The highest BCUT2D eigenvalue weighted by Gasteiger charge is 2.64. The molecule has 3 aliphatic rings. The molecule has 47 heavy (non-hydrogen) atoms. The van der Waals surface area contributed by atoms with Gasteiger partial charge in [0.05, 0.1) is 0 Å². The lowest BCUT2D eigenvalue weighted by atomic mass is 9.49. The largest absolute Gasteiger partial charge is 0.462 e. The second kappa shape index (κ2) is 13.9. The summed E-state index contributed by atoms with van der Waals surface area (Å²) in [6.45, 7) is 17.3. The Kier molecular flexibility index (Phi) is 10.5. The maximum atomic E-state index is 13.1. The summed E-state index contributed by atoms with van der Waals surface area (Å²) in [6.07, 6.45) is -0.472. The van der Waals surface area contributed by atoms with Gasteiger partial charge in [0.25, 0.3) is 0 Å². The summed E-state index contributed by atoms with van der Waals surface area (Å²) >= 11 is 0. The molecular weight excluding hydrogens is 604 g/mol. The first-order chi connectivity index (χ1) is 22.0. The van der Waals surface area contributed by atoms with E-state index in [0.29, 0.717) is 36.0 Å². The number of ether oxygens (including phenoxy) is 5. The number of fused-ring (bicyclic) bond motifs is 3. The lowest BCUT2D eigenvalue weighted by Gasteiger charge is -2.60. The smallest absolute Gasteiger partial charge is 0.331 e. The van der Waals surface area contributed by atoms with Crippen LogP contribution in [0.15, 0.2) is 59.7 Å². The number of hydrogen-bond donors (Lipinski definition) is 0. The summed E-state index contributed by atoms with van der Waals surface area (Å²) in [5.74, 6) is -3.98. The van der Waals surface area contributed by atoms with E-state index in [-0.39, 0.29) is 0 Å². The van der Waals surface area contributed by atoms with Crippen molar-refractivity contribution in [1.29, 1.82) is 0 Å². The summed E-state index contributed by atoms with van der Waals surface area (Å²) in [6, 6.07) is 9.33. The van der Waals surface area contributed by atoms with Gasteiger partial charge in [-0.2, -0.15) is 0 Å². The van der Waals surface area contributed by atoms with Gasteiger partial charge in [-0.15, -0.1) is 0 Å². The van der Waals surface area contributed by atoms with Crippen molar-refractivity contribution in [2.45, 2.75) is 105 Å². The van der Waals surface area contributed by atoms with Gasteiger partial charge in [-0.1, -0.05) is 57.7 Å². The lowest BCUT2D eigenvalue weighted by molar-refractivity contribution is -0.204. The first-order valence-electron chi connectivity index (χ1n) is 16.0. The third-order valence-corrected chi connectivity index (χ3v) is 10.1. The normalized spacial score (nSPS) is 31.5. The van der Waals surface area contributed by atoms with Gasteiger partial charge in [0.1, 0.15) is 24.4 Å². The fraction of sp³-hybridized carbons (Fsp3) is 0.541. The van der Waals surface area contributed by atoms with Crippen LogP contribution in [0.2, 0.25) is 0 Å². The van der Waals surface area contributed by atoms with E-state index in [1.807, 2.05) is 58.0 Å². The molecule has 8 atom stereocenters. The summed E-state index contributed by atoms with van der Waals surface area (Å²) in [5, 5.41) is 0. The van der Waals surface area contributed by atoms with Gasteiger partial charge in [0.15, 0.2) is 6.10 Å². The van der Waals surface area contributed by atoms with Crippen molar-refractivity contribution in [2.24, 2.45) is 22.7 Å². The third kappa shape index (κ3) is 7.36. The molecule has 0 saturated heterocycles. The topological polar surface area (TPSA) is 132 Å². The molecule has 2 bridgehead atoms. The molecule has 0 radical (unpaired) electrons. The van der Waals surface area contributed by atoms with Crippen LogP contribution in [0.5, 0.6) is 0 Å². The van der Waals surface area contributed by atoms with Crippen LogP contribution in [0.3, 0.4) is 0 Å². The van der Waals surface area contributed by atoms with Crippen molar-refractivity contribution < 1.29 is 47.7 Å². The number of carbonyl (C=O) groups is 5. The second-order valence-electron chi connectivity index (χ2n) is 13.7. The Hall–Kier alpha value is -4.21. The molecule has 0 aromatic heterocycles. The highest BCUT2D eigenvalue weighted by molar-refractivity contribution is 5.87. The Morgan fingerprint density at radius 3 is 1.98 bits per heavy atom. The average molecular weight is 651 g/mol. The van der Waals surface area contributed by atoms with Crippen molar-refractivity contribution in [3.05, 3.63) is 65.3 Å². The molecule has 5 unspecified atom stereocenters. The predicted molar refractivity (Wildman–Crippen MR) is 172 cm³/mol. The minimum Gasteiger partial charge on any atom is -0.462 e. The minimum absolute atomic E-state index is 0.301. The molecule has 0 spiro atoms. The van der Waals surface area contributed by atoms with Gasteiger partial charge in [0.2, 0.25) is 0 Å². The Labute approximate surface area is 276 Å². The summed E-state index contributed by atoms with van der Waals surface area (Å²) in [5.41, 5.74) is 0.822. The molecule has 254 valence electrons. The summed E-state index contributed by atoms with van der Waals surface area (Å²) in [4.78, 5) is 63.7. The summed E-state index contributed by atoms with van der Waals surface area (Å²) in [7, 11) is 0. The zero-order chi connectivity index (χ0) is 34.8. The number of carbonyl (C=O) groups excluding carboxylic acids is 5. The van der Waals surface area contributed by atoms with Crippen LogP contribution < -0.4 is 0 Å². The zero-order valence-corrected chi connectivity index (χ0v) is 28.5. The van der Waals surface area contributed by atoms with Crippen molar-refractivity contribution in [1.82, 2.24) is 0 Å². The van der Waals surface area contributed by atoms with Crippen LogP contribution >= 0.6 is 0 Å². The maximum Gasteiger partial charge on any atom is 0.331 e. The van der Waals surface area contributed by atoms with E-state index in [9.17, 15) is 24.0 Å². The van der Waals surface area contributed by atoms with Gasteiger partial charge in [-0.25, -0.2) is 4.79 Å². The average Bonchev–Trinajstić information content (AvgIpc) is 2.96. The number of esters is 5. The van der Waals surface area contributed by atoms with Gasteiger partial charge in [-0.3, -0.25) is 19.2 Å². The highest BCUT2D eigenvalue weighted by Crippen LogP contribution is 2.61. The Morgan fingerprint density at radius 2 is 1.40 bits per heavy atom. The Morgan fingerprint density at radius 1 is 0.809 bits per heavy atom. The van der Waals surface area contributed by atoms with E-state index >= 15 is 0 Å². The SMILES string of the molecule is C=C1C(OC(=O)C=Cc2ccccc2)CC[C@@]2(C)C(OC(C)=O)C(OC(C)=O)C3=C(C)C(OC(C)=O)C[C@H](C(OC(C)=O)[C@@H]12)C3(C)C. The van der Waals surface area contributed by atoms with Crippen LogP contribution in [0.25, 0.3) is 6.08 Å². The maximum absolute atomic E-state index is 13.1. The zero-order valence-electron chi connectivity index (χ0n) is 28.5. The lowest BCUT2D eigenvalue weighted by Crippen LogP contribution is -2.64. The molecule has 4 rings (SSSR count). The molecule has 10 nitrogen and oxygen atoms in total. The quantitative estimate of drug-likeness (QED) is 0.157. The highest BCUT2D eigenvalue weighted by atomic mass is 16.6. The molecule has 3 aliphatic carbocycles. The van der Waals surface area contributed by atoms with Gasteiger partial charge in [0, 0.05) is 51.0 Å². The number of benzene rings is 1. The molecule has 0 N–H and O–H groups in total. The van der Waals surface area contributed by atoms with E-state index in [0.717, 1.165) is 5.56 Å². The van der Waals surface area contributed by atoms with E-state index in [4.69, 9.17) is 23.7 Å². The molecule has 10 heteroatoms. The molecule has 0 amide bonds. The van der Waals surface area contributed by atoms with E-state index in [2.05, 4.69) is 6.58 Å². The Bertz CT molecular complexity index is 1490. The van der Waals surface area contributed by atoms with Crippen LogP contribution in [-0.2, 0) is 47.7 Å². The van der Waals surface area contributed by atoms with Gasteiger partial charge in [-0.05, 0) is 60.0 Å². The van der Waals surface area contributed by atoms with Crippen molar-refractivity contribution in [3.63, 3.8) is 0 Å². The first kappa shape index (κ1) is 35.6. The third-order valence-electron chi connectivity index (χ3n) is 10.1. The predicted octanol–water partition coefficient (Wildman–Crippen LogP) is 5.69. The van der Waals surface area contributed by atoms with Crippen molar-refractivity contribution >= 4 is 35.9 Å². The molecule has 0 aliphatic heterocycles. The minimum atomic E-state index is -1.06. The molecule has 2 fully saturated rings. The van der Waals surface area contributed by atoms with Crippen LogP contribution in [0, 0.1) is 22.7 Å². The number of rotatable bonds is 7. The van der Waals surface area contributed by atoms with Crippen molar-refractivity contribution in [3.8, 4) is 0 Å². The van der Waals surface area contributed by atoms with E-state index in [1.165, 1.54) is 33.8 Å². The first-order valence-corrected chi connectivity index (χ1v) is 16.0. The molecule has 1 aromatic carbocycles. The fourth-order valence-corrected chi connectivity index (χ4v) is 8.16. The van der Waals surface area contributed by atoms with Crippen LogP contribution in [0.1, 0.15) is 80.2 Å². The van der Waals surface area contributed by atoms with Gasteiger partial charge < -0.3 is 23.7 Å². The van der Waals surface area contributed by atoms with E-state index in [1.54, 1.807) is 6.08 Å². The van der Waals surface area contributed by atoms with Crippen LogP contribution in [-0.4, -0.2) is 60.4 Å². The summed E-state index contributed by atoms with van der Waals surface area (Å²) < 4.78 is 30.1. The molecular formula is C37H46O10. The van der Waals surface area contributed by atoms with Crippen molar-refractivity contribution in [2.75, 3.05) is 0 Å². The fourth-order valence-electron chi connectivity index (χ4n) is 8.16. The molecule has 2 saturated carbocycles. The van der Waals surface area contributed by atoms with Crippen LogP contribution in [0.4, 0.5) is 0 Å². The Balaban J connectivity index is 1.90. The van der Waals surface area contributed by atoms with Gasteiger partial charge >= 0.3 is 29.8 Å². The molecule has 1 aromatic rings. The van der Waals surface area contributed by atoms with E-state index < -0.39 is 83.0 Å². The molecule has 0 heterocycles. The monoisotopic (exact) mass is 650 g/mol. The second-order valence-corrected chi connectivity index (χ2v) is 13.7.